The summed E-state index contributed by atoms with van der Waals surface area (Å²) in [6.45, 7) is 7.89. The number of carbonyl (C=O) groups excluding carboxylic acids is 1. The third-order valence-electron chi connectivity index (χ3n) is 7.38. The molecule has 4 aliphatic rings. The molecule has 2 fully saturated rings. The minimum Gasteiger partial charge on any atom is -0.456 e. The van der Waals surface area contributed by atoms with Gasteiger partial charge in [0.05, 0.1) is 36.8 Å². The van der Waals surface area contributed by atoms with Crippen LogP contribution in [0.4, 0.5) is 0 Å². The Balaban J connectivity index is 1.38. The Labute approximate surface area is 222 Å². The van der Waals surface area contributed by atoms with Crippen LogP contribution in [-0.2, 0) is 40.3 Å². The molecule has 38 heavy (non-hydrogen) atoms. The fourth-order valence-electron chi connectivity index (χ4n) is 5.40. The highest BCUT2D eigenvalue weighted by Crippen LogP contribution is 2.31. The Kier molecular flexibility index (Phi) is 6.40. The third kappa shape index (κ3) is 5.16. The first-order valence-corrected chi connectivity index (χ1v) is 13.0. The number of nitrogens with zero attached hydrogens (tertiary/aromatic N) is 5. The van der Waals surface area contributed by atoms with Gasteiger partial charge in [0, 0.05) is 45.3 Å². The number of hydrogen-bond acceptors (Lipinski definition) is 7. The van der Waals surface area contributed by atoms with Gasteiger partial charge < -0.3 is 23.7 Å². The molecule has 5 heterocycles. The molecule has 1 amide bonds. The van der Waals surface area contributed by atoms with E-state index in [1.807, 2.05) is 55.3 Å². The van der Waals surface area contributed by atoms with E-state index >= 15 is 0 Å². The molecule has 2 aromatic carbocycles. The van der Waals surface area contributed by atoms with Gasteiger partial charge in [-0.1, -0.05) is 12.1 Å². The van der Waals surface area contributed by atoms with Gasteiger partial charge in [0.25, 0.3) is 0 Å². The molecule has 4 aliphatic heterocycles. The van der Waals surface area contributed by atoms with E-state index in [1.54, 1.807) is 12.4 Å². The summed E-state index contributed by atoms with van der Waals surface area (Å²) in [7, 11) is 0. The fraction of sp³-hybridized carbons (Fsp3) is 0.414. The van der Waals surface area contributed by atoms with Gasteiger partial charge in [-0.15, -0.1) is 0 Å². The van der Waals surface area contributed by atoms with Crippen molar-refractivity contribution in [1.82, 2.24) is 19.4 Å². The minimum absolute atomic E-state index is 0.0624. The molecule has 0 spiro atoms. The normalized spacial score (nSPS) is 22.6. The highest BCUT2D eigenvalue weighted by Gasteiger charge is 2.33. The number of rotatable bonds is 2. The van der Waals surface area contributed by atoms with Crippen molar-refractivity contribution >= 4 is 5.91 Å². The number of fused-ring (bicyclic) bond motifs is 2. The molecule has 9 nitrogen and oxygen atoms in total. The smallest absolute Gasteiger partial charge is 0.237 e. The first kappa shape index (κ1) is 24.6. The van der Waals surface area contributed by atoms with Crippen molar-refractivity contribution in [2.45, 2.75) is 51.8 Å². The lowest BCUT2D eigenvalue weighted by Gasteiger charge is -2.35. The second-order valence-electron chi connectivity index (χ2n) is 10.7. The van der Waals surface area contributed by atoms with E-state index in [0.29, 0.717) is 62.8 Å². The average molecular weight is 514 g/mol. The number of hydrogen-bond donors (Lipinski definition) is 0. The first-order chi connectivity index (χ1) is 18.3. The van der Waals surface area contributed by atoms with E-state index in [4.69, 9.17) is 14.2 Å². The summed E-state index contributed by atoms with van der Waals surface area (Å²) in [5.74, 6) is 0.639. The zero-order valence-electron chi connectivity index (χ0n) is 21.7. The SMILES string of the molecule is CC1(C)OC[C@@H](Cc2ccc3cc2CN2CCN(CC2=O)Cc2cncn2Cc2ccc(C#N)c(c2)O3)O1. The Morgan fingerprint density at radius 3 is 2.79 bits per heavy atom. The highest BCUT2D eigenvalue weighted by molar-refractivity contribution is 5.79. The summed E-state index contributed by atoms with van der Waals surface area (Å²) in [5.41, 5.74) is 4.62. The zero-order chi connectivity index (χ0) is 26.3. The van der Waals surface area contributed by atoms with Gasteiger partial charge >= 0.3 is 0 Å². The predicted octanol–water partition coefficient (Wildman–Crippen LogP) is 3.45. The van der Waals surface area contributed by atoms with Crippen LogP contribution < -0.4 is 4.74 Å². The van der Waals surface area contributed by atoms with Crippen molar-refractivity contribution < 1.29 is 19.0 Å². The van der Waals surface area contributed by atoms with Crippen molar-refractivity contribution in [3.8, 4) is 17.6 Å². The van der Waals surface area contributed by atoms with E-state index in [2.05, 4.69) is 20.5 Å². The Morgan fingerprint density at radius 2 is 2.00 bits per heavy atom. The van der Waals surface area contributed by atoms with Gasteiger partial charge in [0.2, 0.25) is 5.91 Å². The Bertz CT molecular complexity index is 1410. The van der Waals surface area contributed by atoms with Crippen molar-refractivity contribution in [1.29, 1.82) is 5.26 Å². The van der Waals surface area contributed by atoms with Crippen molar-refractivity contribution in [2.75, 3.05) is 26.2 Å². The van der Waals surface area contributed by atoms with Crippen LogP contribution in [-0.4, -0.2) is 63.4 Å². The molecule has 7 rings (SSSR count). The third-order valence-corrected chi connectivity index (χ3v) is 7.38. The number of nitriles is 1. The molecule has 3 aromatic rings. The lowest BCUT2D eigenvalue weighted by molar-refractivity contribution is -0.138. The molecule has 2 saturated heterocycles. The highest BCUT2D eigenvalue weighted by atomic mass is 16.7. The number of carbonyl (C=O) groups is 1. The van der Waals surface area contributed by atoms with E-state index in [9.17, 15) is 10.1 Å². The van der Waals surface area contributed by atoms with Crippen LogP contribution in [0.5, 0.6) is 11.5 Å². The van der Waals surface area contributed by atoms with Gasteiger partial charge in [-0.2, -0.15) is 5.26 Å². The second-order valence-corrected chi connectivity index (χ2v) is 10.7. The predicted molar refractivity (Wildman–Crippen MR) is 138 cm³/mol. The van der Waals surface area contributed by atoms with Crippen molar-refractivity contribution in [2.24, 2.45) is 0 Å². The van der Waals surface area contributed by atoms with Gasteiger partial charge in [0.15, 0.2) is 5.79 Å². The summed E-state index contributed by atoms with van der Waals surface area (Å²) < 4.78 is 20.2. The molecular weight excluding hydrogens is 482 g/mol. The summed E-state index contributed by atoms with van der Waals surface area (Å²) in [6, 6.07) is 13.9. The van der Waals surface area contributed by atoms with E-state index in [-0.39, 0.29) is 12.0 Å². The molecule has 0 N–H and O–H groups in total. The van der Waals surface area contributed by atoms with Crippen LogP contribution in [0.1, 0.15) is 41.8 Å². The minimum atomic E-state index is -0.598. The van der Waals surface area contributed by atoms with Crippen LogP contribution in [0, 0.1) is 11.3 Å². The van der Waals surface area contributed by atoms with Crippen LogP contribution in [0.15, 0.2) is 48.9 Å². The molecule has 1 unspecified atom stereocenters. The fourth-order valence-corrected chi connectivity index (χ4v) is 5.40. The number of piperazine rings is 1. The van der Waals surface area contributed by atoms with Gasteiger partial charge in [-0.25, -0.2) is 4.98 Å². The Morgan fingerprint density at radius 1 is 1.11 bits per heavy atom. The molecule has 0 aliphatic carbocycles. The zero-order valence-corrected chi connectivity index (χ0v) is 21.7. The maximum atomic E-state index is 13.2. The van der Waals surface area contributed by atoms with Gasteiger partial charge in [0.1, 0.15) is 17.6 Å². The molecule has 2 atom stereocenters. The molecule has 9 heteroatoms. The molecule has 0 saturated carbocycles. The Hall–Kier alpha value is -3.71. The summed E-state index contributed by atoms with van der Waals surface area (Å²) in [6.07, 6.45) is 4.28. The number of aromatic nitrogens is 2. The van der Waals surface area contributed by atoms with Crippen LogP contribution in [0.2, 0.25) is 0 Å². The molecule has 196 valence electrons. The van der Waals surface area contributed by atoms with Gasteiger partial charge in [-0.05, 0) is 54.8 Å². The topological polar surface area (TPSA) is 92.9 Å². The molecule has 6 bridgehead atoms. The quantitative estimate of drug-likeness (QED) is 0.518. The van der Waals surface area contributed by atoms with E-state index in [0.717, 1.165) is 28.9 Å². The molecule has 0 radical (unpaired) electrons. The van der Waals surface area contributed by atoms with Gasteiger partial charge in [-0.3, -0.25) is 9.69 Å². The molecule has 1 aromatic heterocycles. The van der Waals surface area contributed by atoms with E-state index in [1.165, 1.54) is 0 Å². The standard InChI is InChI=1S/C29H31N5O4/c1-29(2)36-18-26(38-29)10-21-5-6-25-11-23(21)15-33-8-7-32(17-28(33)35)16-24-13-31-19-34(24)14-20-3-4-22(12-30)27(9-20)37-25/h3-6,9,11,13,19,26H,7-8,10,14-18H2,1-2H3/t26-/m1/s1. The lowest BCUT2D eigenvalue weighted by Crippen LogP contribution is -2.49. The summed E-state index contributed by atoms with van der Waals surface area (Å²) in [5, 5.41) is 9.73. The van der Waals surface area contributed by atoms with Crippen LogP contribution in [0.3, 0.4) is 0 Å². The molecular formula is C29H31N5O4. The van der Waals surface area contributed by atoms with Crippen LogP contribution in [0.25, 0.3) is 0 Å². The lowest BCUT2D eigenvalue weighted by atomic mass is 10.00. The summed E-state index contributed by atoms with van der Waals surface area (Å²) >= 11 is 0. The maximum absolute atomic E-state index is 13.2. The van der Waals surface area contributed by atoms with Crippen molar-refractivity contribution in [3.05, 3.63) is 76.9 Å². The monoisotopic (exact) mass is 513 g/mol. The average Bonchev–Trinajstić information content (AvgIpc) is 3.46. The number of amides is 1. The second kappa shape index (κ2) is 9.87. The number of benzene rings is 2. The first-order valence-electron chi connectivity index (χ1n) is 13.0. The maximum Gasteiger partial charge on any atom is 0.237 e. The largest absolute Gasteiger partial charge is 0.456 e. The van der Waals surface area contributed by atoms with E-state index < -0.39 is 5.79 Å². The number of ether oxygens (including phenoxy) is 3. The number of imidazole rings is 1. The van der Waals surface area contributed by atoms with Crippen molar-refractivity contribution in [3.63, 3.8) is 0 Å². The van der Waals surface area contributed by atoms with Crippen LogP contribution >= 0.6 is 0 Å². The summed E-state index contributed by atoms with van der Waals surface area (Å²) in [4.78, 5) is 21.7.